The van der Waals surface area contributed by atoms with E-state index in [4.69, 9.17) is 9.47 Å². The summed E-state index contributed by atoms with van der Waals surface area (Å²) >= 11 is 6.86. The molecule has 0 saturated heterocycles. The van der Waals surface area contributed by atoms with Crippen LogP contribution in [0.15, 0.2) is 106 Å². The third-order valence-corrected chi connectivity index (χ3v) is 10.9. The van der Waals surface area contributed by atoms with Gasteiger partial charge in [-0.25, -0.2) is 0 Å². The minimum Gasteiger partial charge on any atom is -0.489 e. The van der Waals surface area contributed by atoms with Crippen LogP contribution in [-0.4, -0.2) is 16.1 Å². The molecule has 0 aliphatic carbocycles. The van der Waals surface area contributed by atoms with E-state index < -0.39 is 16.1 Å². The molecule has 0 spiro atoms. The van der Waals surface area contributed by atoms with Crippen molar-refractivity contribution in [3.8, 4) is 11.5 Å². The molecule has 4 aromatic rings. The lowest BCUT2D eigenvalue weighted by Crippen LogP contribution is -2.45. The summed E-state index contributed by atoms with van der Waals surface area (Å²) < 4.78 is 13.8. The van der Waals surface area contributed by atoms with Crippen LogP contribution in [0.1, 0.15) is 11.1 Å². The molecule has 200 valence electrons. The van der Waals surface area contributed by atoms with Crippen LogP contribution < -0.4 is 19.8 Å². The first-order valence-electron chi connectivity index (χ1n) is 12.9. The van der Waals surface area contributed by atoms with Gasteiger partial charge < -0.3 is 9.47 Å². The molecule has 0 radical (unpaired) electrons. The summed E-state index contributed by atoms with van der Waals surface area (Å²) in [5, 5.41) is 2.99. The predicted molar refractivity (Wildman–Crippen MR) is 176 cm³/mol. The van der Waals surface area contributed by atoms with Crippen LogP contribution in [0.5, 0.6) is 11.5 Å². The summed E-state index contributed by atoms with van der Waals surface area (Å²) in [4.78, 5) is 0. The zero-order valence-corrected chi connectivity index (χ0v) is 28.4. The number of rotatable bonds is 8. The molecule has 6 heteroatoms. The van der Waals surface area contributed by atoms with Crippen molar-refractivity contribution < 1.29 is 9.47 Å². The Balaban J connectivity index is 0.000000221. The first-order chi connectivity index (χ1) is 17.9. The third-order valence-electron chi connectivity index (χ3n) is 5.97. The average Bonchev–Trinajstić information content (AvgIpc) is 2.86. The van der Waals surface area contributed by atoms with Crippen LogP contribution in [0.2, 0.25) is 39.3 Å². The highest BCUT2D eigenvalue weighted by Crippen LogP contribution is 2.25. The van der Waals surface area contributed by atoms with Crippen molar-refractivity contribution in [3.63, 3.8) is 0 Å². The first kappa shape index (κ1) is 30.4. The molecular weight excluding hydrogens is 632 g/mol. The van der Waals surface area contributed by atoms with Crippen molar-refractivity contribution in [2.75, 3.05) is 0 Å². The Hall–Kier alpha value is -2.13. The standard InChI is InChI=1S/C19H28OSi2.C13H10Br2O/c1-21(2,3)18-12-17(13-19(14-18)22(4,5)6)20-15-16-10-8-7-9-11-16;14-11-6-12(15)8-13(7-11)16-9-10-4-2-1-3-5-10/h7-14H,15H2,1-6H3;1-8H,9H2. The highest BCUT2D eigenvalue weighted by atomic mass is 79.9. The molecule has 0 N–H and O–H groups in total. The van der Waals surface area contributed by atoms with Crippen molar-refractivity contribution in [2.24, 2.45) is 0 Å². The molecule has 2 nitrogen and oxygen atoms in total. The Bertz CT molecular complexity index is 1250. The maximum atomic E-state index is 6.11. The Morgan fingerprint density at radius 2 is 0.868 bits per heavy atom. The van der Waals surface area contributed by atoms with Crippen LogP contribution in [0.3, 0.4) is 0 Å². The minimum absolute atomic E-state index is 0.587. The Labute approximate surface area is 247 Å². The fourth-order valence-electron chi connectivity index (χ4n) is 3.64. The molecule has 0 heterocycles. The summed E-state index contributed by atoms with van der Waals surface area (Å²) in [7, 11) is -2.68. The van der Waals surface area contributed by atoms with E-state index >= 15 is 0 Å². The second-order valence-electron chi connectivity index (χ2n) is 11.4. The normalized spacial score (nSPS) is 11.4. The Morgan fingerprint density at radius 3 is 1.24 bits per heavy atom. The van der Waals surface area contributed by atoms with E-state index in [1.54, 1.807) is 0 Å². The Kier molecular flexibility index (Phi) is 11.0. The van der Waals surface area contributed by atoms with Gasteiger partial charge in [-0.1, -0.05) is 148 Å². The van der Waals surface area contributed by atoms with Gasteiger partial charge in [0.2, 0.25) is 0 Å². The van der Waals surface area contributed by atoms with E-state index in [9.17, 15) is 0 Å². The number of benzene rings is 4. The first-order valence-corrected chi connectivity index (χ1v) is 21.4. The smallest absolute Gasteiger partial charge is 0.122 e. The molecule has 0 atom stereocenters. The number of halogens is 2. The lowest BCUT2D eigenvalue weighted by atomic mass is 10.2. The van der Waals surface area contributed by atoms with Crippen LogP contribution in [-0.2, 0) is 13.2 Å². The number of ether oxygens (including phenoxy) is 2. The summed E-state index contributed by atoms with van der Waals surface area (Å²) in [6, 6.07) is 33.4. The maximum absolute atomic E-state index is 6.11. The predicted octanol–water partition coefficient (Wildman–Crippen LogP) is 9.15. The van der Waals surface area contributed by atoms with Crippen LogP contribution >= 0.6 is 31.9 Å². The number of hydrogen-bond donors (Lipinski definition) is 0. The SMILES string of the molecule is Brc1cc(Br)cc(OCc2ccccc2)c1.C[Si](C)(C)c1cc(OCc2ccccc2)cc([Si](C)(C)C)c1. The van der Waals surface area contributed by atoms with Gasteiger partial charge in [0.05, 0.1) is 16.1 Å². The van der Waals surface area contributed by atoms with Gasteiger partial charge in [-0.2, -0.15) is 0 Å². The molecule has 0 saturated carbocycles. The van der Waals surface area contributed by atoms with Crippen molar-refractivity contribution in [1.82, 2.24) is 0 Å². The van der Waals surface area contributed by atoms with Crippen LogP contribution in [0.4, 0.5) is 0 Å². The van der Waals surface area contributed by atoms with Gasteiger partial charge in [-0.3, -0.25) is 0 Å². The van der Waals surface area contributed by atoms with Crippen molar-refractivity contribution in [1.29, 1.82) is 0 Å². The van der Waals surface area contributed by atoms with E-state index in [1.165, 1.54) is 21.5 Å². The molecule has 4 rings (SSSR count). The third kappa shape index (κ3) is 10.2. The lowest BCUT2D eigenvalue weighted by Gasteiger charge is -2.24. The second kappa shape index (κ2) is 13.8. The van der Waals surface area contributed by atoms with E-state index in [0.717, 1.165) is 20.4 Å². The van der Waals surface area contributed by atoms with E-state index in [-0.39, 0.29) is 0 Å². The zero-order valence-electron chi connectivity index (χ0n) is 23.2. The highest BCUT2D eigenvalue weighted by molar-refractivity contribution is 9.11. The van der Waals surface area contributed by atoms with E-state index in [2.05, 4.69) is 114 Å². The molecule has 0 fully saturated rings. The van der Waals surface area contributed by atoms with Crippen molar-refractivity contribution in [3.05, 3.63) is 117 Å². The maximum Gasteiger partial charge on any atom is 0.122 e. The van der Waals surface area contributed by atoms with E-state index in [0.29, 0.717) is 13.2 Å². The number of hydrogen-bond acceptors (Lipinski definition) is 2. The van der Waals surface area contributed by atoms with Gasteiger partial charge in [0.25, 0.3) is 0 Å². The second-order valence-corrected chi connectivity index (χ2v) is 23.4. The minimum atomic E-state index is -1.34. The molecule has 0 amide bonds. The van der Waals surface area contributed by atoms with Gasteiger partial charge in [-0.05, 0) is 41.5 Å². The molecule has 0 aliphatic heterocycles. The van der Waals surface area contributed by atoms with Gasteiger partial charge in [0.1, 0.15) is 24.7 Å². The van der Waals surface area contributed by atoms with Crippen LogP contribution in [0, 0.1) is 0 Å². The molecule has 0 aliphatic rings. The summed E-state index contributed by atoms with van der Waals surface area (Å²) in [5.41, 5.74) is 2.38. The monoisotopic (exact) mass is 668 g/mol. The zero-order chi connectivity index (χ0) is 27.8. The molecular formula is C32H38Br2O2Si2. The molecule has 0 bridgehead atoms. The lowest BCUT2D eigenvalue weighted by molar-refractivity contribution is 0.306. The topological polar surface area (TPSA) is 18.5 Å². The fourth-order valence-corrected chi connectivity index (χ4v) is 7.37. The summed E-state index contributed by atoms with van der Waals surface area (Å²) in [5.74, 6) is 1.88. The summed E-state index contributed by atoms with van der Waals surface area (Å²) in [6.07, 6.45) is 0. The van der Waals surface area contributed by atoms with Gasteiger partial charge >= 0.3 is 0 Å². The molecule has 0 unspecified atom stereocenters. The van der Waals surface area contributed by atoms with Gasteiger partial charge in [-0.15, -0.1) is 0 Å². The fraction of sp³-hybridized carbons (Fsp3) is 0.250. The Morgan fingerprint density at radius 1 is 0.500 bits per heavy atom. The molecule has 38 heavy (non-hydrogen) atoms. The van der Waals surface area contributed by atoms with Gasteiger partial charge in [0.15, 0.2) is 0 Å². The summed E-state index contributed by atoms with van der Waals surface area (Å²) in [6.45, 7) is 15.6. The average molecular weight is 671 g/mol. The quantitative estimate of drug-likeness (QED) is 0.174. The van der Waals surface area contributed by atoms with Crippen molar-refractivity contribution in [2.45, 2.75) is 52.5 Å². The molecule has 4 aromatic carbocycles. The molecule has 0 aromatic heterocycles. The van der Waals surface area contributed by atoms with Crippen molar-refractivity contribution >= 4 is 58.4 Å². The van der Waals surface area contributed by atoms with Gasteiger partial charge in [0, 0.05) is 8.95 Å². The largest absolute Gasteiger partial charge is 0.489 e. The van der Waals surface area contributed by atoms with E-state index in [1.807, 2.05) is 54.6 Å². The van der Waals surface area contributed by atoms with Crippen LogP contribution in [0.25, 0.3) is 0 Å². The highest BCUT2D eigenvalue weighted by Gasteiger charge is 2.23.